The van der Waals surface area contributed by atoms with Crippen LogP contribution >= 0.6 is 0 Å². The van der Waals surface area contributed by atoms with Gasteiger partial charge in [-0.05, 0) is 68.3 Å². The van der Waals surface area contributed by atoms with Crippen LogP contribution in [0.1, 0.15) is 27.3 Å². The first kappa shape index (κ1) is 16.8. The van der Waals surface area contributed by atoms with Crippen LogP contribution in [0.2, 0.25) is 0 Å². The van der Waals surface area contributed by atoms with E-state index in [1.54, 1.807) is 12.1 Å². The highest BCUT2D eigenvalue weighted by atomic mass is 16.3. The summed E-state index contributed by atoms with van der Waals surface area (Å²) in [6, 6.07) is 16.4. The lowest BCUT2D eigenvalue weighted by Gasteiger charge is -2.08. The van der Waals surface area contributed by atoms with Crippen LogP contribution in [0, 0.1) is 13.8 Å². The Bertz CT molecular complexity index is 865. The summed E-state index contributed by atoms with van der Waals surface area (Å²) in [6.07, 6.45) is 0.718. The standard InChI is InChI=1S/C20H21N3O2/c1-14-13-15(2)23(22-14)18-7-5-17(6-8-18)20(25)21-12-11-16-3-9-19(24)10-4-16/h3-10,13,24H,11-12H2,1-2H3,(H,21,25). The molecule has 5 nitrogen and oxygen atoms in total. The molecule has 1 aromatic heterocycles. The van der Waals surface area contributed by atoms with Gasteiger partial charge in [-0.15, -0.1) is 0 Å². The van der Waals surface area contributed by atoms with Crippen molar-refractivity contribution in [3.63, 3.8) is 0 Å². The molecule has 3 aromatic rings. The fraction of sp³-hybridized carbons (Fsp3) is 0.200. The van der Waals surface area contributed by atoms with Crippen molar-refractivity contribution >= 4 is 5.91 Å². The van der Waals surface area contributed by atoms with E-state index in [-0.39, 0.29) is 11.7 Å². The van der Waals surface area contributed by atoms with Crippen LogP contribution in [0.15, 0.2) is 54.6 Å². The van der Waals surface area contributed by atoms with Gasteiger partial charge in [-0.3, -0.25) is 4.79 Å². The number of aromatic nitrogens is 2. The zero-order valence-corrected chi connectivity index (χ0v) is 14.4. The maximum atomic E-state index is 12.2. The van der Waals surface area contributed by atoms with Gasteiger partial charge in [-0.25, -0.2) is 4.68 Å². The van der Waals surface area contributed by atoms with Crippen molar-refractivity contribution in [3.05, 3.63) is 77.1 Å². The monoisotopic (exact) mass is 335 g/mol. The zero-order chi connectivity index (χ0) is 17.8. The number of carbonyl (C=O) groups excluding carboxylic acids is 1. The predicted molar refractivity (Wildman–Crippen MR) is 97.2 cm³/mol. The van der Waals surface area contributed by atoms with Gasteiger partial charge in [-0.1, -0.05) is 12.1 Å². The van der Waals surface area contributed by atoms with Crippen molar-refractivity contribution in [2.24, 2.45) is 0 Å². The lowest BCUT2D eigenvalue weighted by atomic mass is 10.1. The molecular formula is C20H21N3O2. The number of amides is 1. The minimum atomic E-state index is -0.0984. The molecule has 0 atom stereocenters. The molecule has 0 bridgehead atoms. The van der Waals surface area contributed by atoms with E-state index in [4.69, 9.17) is 0 Å². The van der Waals surface area contributed by atoms with Crippen LogP contribution in [0.3, 0.4) is 0 Å². The van der Waals surface area contributed by atoms with E-state index in [0.29, 0.717) is 12.1 Å². The van der Waals surface area contributed by atoms with Gasteiger partial charge >= 0.3 is 0 Å². The van der Waals surface area contributed by atoms with Crippen LogP contribution in [0.25, 0.3) is 5.69 Å². The smallest absolute Gasteiger partial charge is 0.251 e. The molecule has 0 radical (unpaired) electrons. The molecule has 3 rings (SSSR count). The minimum Gasteiger partial charge on any atom is -0.508 e. The molecule has 5 heteroatoms. The normalized spacial score (nSPS) is 10.6. The summed E-state index contributed by atoms with van der Waals surface area (Å²) in [5, 5.41) is 16.6. The second kappa shape index (κ2) is 7.21. The molecule has 0 aliphatic carbocycles. The number of phenols is 1. The molecule has 0 fully saturated rings. The molecule has 25 heavy (non-hydrogen) atoms. The highest BCUT2D eigenvalue weighted by Gasteiger charge is 2.07. The van der Waals surface area contributed by atoms with E-state index in [0.717, 1.165) is 29.1 Å². The molecule has 128 valence electrons. The Labute approximate surface area is 146 Å². The van der Waals surface area contributed by atoms with Crippen LogP contribution in [0.4, 0.5) is 0 Å². The largest absolute Gasteiger partial charge is 0.508 e. The molecule has 1 amide bonds. The van der Waals surface area contributed by atoms with E-state index >= 15 is 0 Å². The molecule has 2 aromatic carbocycles. The molecule has 0 aliphatic rings. The third-order valence-corrected chi connectivity index (χ3v) is 4.02. The Hall–Kier alpha value is -3.08. The average molecular weight is 335 g/mol. The van der Waals surface area contributed by atoms with Crippen molar-refractivity contribution in [1.29, 1.82) is 0 Å². The van der Waals surface area contributed by atoms with Gasteiger partial charge in [0.05, 0.1) is 11.4 Å². The van der Waals surface area contributed by atoms with Crippen molar-refractivity contribution in [2.45, 2.75) is 20.3 Å². The summed E-state index contributed by atoms with van der Waals surface area (Å²) >= 11 is 0. The molecule has 0 saturated heterocycles. The minimum absolute atomic E-state index is 0.0984. The van der Waals surface area contributed by atoms with Crippen molar-refractivity contribution < 1.29 is 9.90 Å². The summed E-state index contributed by atoms with van der Waals surface area (Å²) < 4.78 is 1.86. The summed E-state index contributed by atoms with van der Waals surface area (Å²) in [4.78, 5) is 12.2. The maximum absolute atomic E-state index is 12.2. The van der Waals surface area contributed by atoms with Gasteiger partial charge in [0.25, 0.3) is 5.91 Å². The molecule has 0 spiro atoms. The summed E-state index contributed by atoms with van der Waals surface area (Å²) in [6.45, 7) is 4.51. The molecular weight excluding hydrogens is 314 g/mol. The SMILES string of the molecule is Cc1cc(C)n(-c2ccc(C(=O)NCCc3ccc(O)cc3)cc2)n1. The van der Waals surface area contributed by atoms with Crippen LogP contribution < -0.4 is 5.32 Å². The molecule has 0 aliphatic heterocycles. The number of hydrogen-bond acceptors (Lipinski definition) is 3. The number of hydrogen-bond donors (Lipinski definition) is 2. The first-order valence-corrected chi connectivity index (χ1v) is 8.23. The number of aromatic hydroxyl groups is 1. The first-order valence-electron chi connectivity index (χ1n) is 8.23. The number of rotatable bonds is 5. The highest BCUT2D eigenvalue weighted by molar-refractivity contribution is 5.94. The van der Waals surface area contributed by atoms with E-state index in [1.165, 1.54) is 0 Å². The Morgan fingerprint density at radius 2 is 1.76 bits per heavy atom. The molecule has 0 unspecified atom stereocenters. The van der Waals surface area contributed by atoms with Gasteiger partial charge < -0.3 is 10.4 Å². The number of phenolic OH excluding ortho intramolecular Hbond substituents is 1. The number of benzene rings is 2. The topological polar surface area (TPSA) is 67.2 Å². The van der Waals surface area contributed by atoms with Crippen LogP contribution in [-0.4, -0.2) is 27.3 Å². The Morgan fingerprint density at radius 1 is 1.08 bits per heavy atom. The highest BCUT2D eigenvalue weighted by Crippen LogP contribution is 2.13. The average Bonchev–Trinajstić information content (AvgIpc) is 2.95. The fourth-order valence-electron chi connectivity index (χ4n) is 2.73. The number of aryl methyl sites for hydroxylation is 2. The summed E-state index contributed by atoms with van der Waals surface area (Å²) in [5.74, 6) is 0.147. The second-order valence-corrected chi connectivity index (χ2v) is 6.06. The van der Waals surface area contributed by atoms with E-state index in [1.807, 2.05) is 61.0 Å². The lowest BCUT2D eigenvalue weighted by Crippen LogP contribution is -2.25. The zero-order valence-electron chi connectivity index (χ0n) is 14.4. The number of nitrogens with one attached hydrogen (secondary N) is 1. The van der Waals surface area contributed by atoms with E-state index < -0.39 is 0 Å². The Kier molecular flexibility index (Phi) is 4.84. The van der Waals surface area contributed by atoms with Gasteiger partial charge in [0.1, 0.15) is 5.75 Å². The predicted octanol–water partition coefficient (Wildman–Crippen LogP) is 3.17. The number of nitrogens with zero attached hydrogens (tertiary/aromatic N) is 2. The van der Waals surface area contributed by atoms with E-state index in [9.17, 15) is 9.90 Å². The number of carbonyl (C=O) groups is 1. The van der Waals surface area contributed by atoms with E-state index in [2.05, 4.69) is 10.4 Å². The van der Waals surface area contributed by atoms with Crippen molar-refractivity contribution in [3.8, 4) is 11.4 Å². The molecule has 2 N–H and O–H groups in total. The van der Waals surface area contributed by atoms with Crippen molar-refractivity contribution in [2.75, 3.05) is 6.54 Å². The van der Waals surface area contributed by atoms with Gasteiger partial charge in [0.2, 0.25) is 0 Å². The van der Waals surface area contributed by atoms with Crippen molar-refractivity contribution in [1.82, 2.24) is 15.1 Å². The summed E-state index contributed by atoms with van der Waals surface area (Å²) in [5.41, 5.74) is 4.65. The lowest BCUT2D eigenvalue weighted by molar-refractivity contribution is 0.0954. The Morgan fingerprint density at radius 3 is 2.36 bits per heavy atom. The quantitative estimate of drug-likeness (QED) is 0.752. The third kappa shape index (κ3) is 4.07. The summed E-state index contributed by atoms with van der Waals surface area (Å²) in [7, 11) is 0. The van der Waals surface area contributed by atoms with Gasteiger partial charge in [0.15, 0.2) is 0 Å². The maximum Gasteiger partial charge on any atom is 0.251 e. The van der Waals surface area contributed by atoms with Crippen LogP contribution in [0.5, 0.6) is 5.75 Å². The first-order chi connectivity index (χ1) is 12.0. The van der Waals surface area contributed by atoms with Crippen LogP contribution in [-0.2, 0) is 6.42 Å². The third-order valence-electron chi connectivity index (χ3n) is 4.02. The van der Waals surface area contributed by atoms with Gasteiger partial charge in [0, 0.05) is 17.8 Å². The van der Waals surface area contributed by atoms with Gasteiger partial charge in [-0.2, -0.15) is 5.10 Å². The second-order valence-electron chi connectivity index (χ2n) is 6.06. The Balaban J connectivity index is 1.59. The molecule has 1 heterocycles. The molecule has 0 saturated carbocycles. The fourth-order valence-corrected chi connectivity index (χ4v) is 2.73.